The second-order valence-corrected chi connectivity index (χ2v) is 21.6. The molecule has 4 aromatic rings. The molecule has 1 unspecified atom stereocenters. The molecule has 5 rings (SSSR count). The van der Waals surface area contributed by atoms with E-state index in [0.717, 1.165) is 22.3 Å². The summed E-state index contributed by atoms with van der Waals surface area (Å²) in [6, 6.07) is 30.2. The molecule has 2 heterocycles. The minimum absolute atomic E-state index is 0.0338. The Morgan fingerprint density at radius 2 is 1.60 bits per heavy atom. The van der Waals surface area contributed by atoms with Gasteiger partial charge in [0, 0.05) is 34.7 Å². The van der Waals surface area contributed by atoms with Crippen molar-refractivity contribution >= 4 is 36.0 Å². The molecule has 1 aromatic heterocycles. The van der Waals surface area contributed by atoms with Gasteiger partial charge < -0.3 is 14.1 Å². The molecule has 50 heavy (non-hydrogen) atoms. The molecular formula is C41H49N3O4SSi. The van der Waals surface area contributed by atoms with Gasteiger partial charge in [0.2, 0.25) is 0 Å². The van der Waals surface area contributed by atoms with E-state index in [9.17, 15) is 14.5 Å². The SMILES string of the molecule is CN(C)CC#Cc1cccc(-c2nc(C(=O)O)cc3c2C(CCO[Si](c2ccccc2)(c2ccccc2)C(C)(C)C)N([S@+]([O-])C(C)(C)C)C3)c1. The molecule has 0 bridgehead atoms. The third-order valence-corrected chi connectivity index (χ3v) is 15.9. The molecule has 0 saturated heterocycles. The first-order chi connectivity index (χ1) is 23.6. The minimum atomic E-state index is -2.83. The summed E-state index contributed by atoms with van der Waals surface area (Å²) < 4.78 is 23.0. The highest BCUT2D eigenvalue weighted by atomic mass is 32.2. The Morgan fingerprint density at radius 3 is 2.14 bits per heavy atom. The Labute approximate surface area is 302 Å². The van der Waals surface area contributed by atoms with Crippen LogP contribution in [0.1, 0.15) is 81.2 Å². The van der Waals surface area contributed by atoms with Crippen molar-refractivity contribution in [3.05, 3.63) is 113 Å². The third-order valence-electron chi connectivity index (χ3n) is 9.00. The van der Waals surface area contributed by atoms with E-state index in [2.05, 4.69) is 81.1 Å². The van der Waals surface area contributed by atoms with Gasteiger partial charge >= 0.3 is 5.97 Å². The monoisotopic (exact) mass is 707 g/mol. The first kappa shape index (κ1) is 37.5. The first-order valence-electron chi connectivity index (χ1n) is 17.1. The van der Waals surface area contributed by atoms with E-state index in [-0.39, 0.29) is 16.8 Å². The summed E-state index contributed by atoms with van der Waals surface area (Å²) in [5, 5.41) is 12.3. The maximum atomic E-state index is 14.2. The molecule has 0 radical (unpaired) electrons. The molecule has 0 saturated carbocycles. The summed E-state index contributed by atoms with van der Waals surface area (Å²) in [4.78, 5) is 19.1. The summed E-state index contributed by atoms with van der Waals surface area (Å²) >= 11 is -1.39. The van der Waals surface area contributed by atoms with E-state index >= 15 is 0 Å². The number of aromatic carboxylic acids is 1. The van der Waals surface area contributed by atoms with Crippen LogP contribution in [-0.4, -0.2) is 70.1 Å². The molecule has 0 spiro atoms. The van der Waals surface area contributed by atoms with Gasteiger partial charge in [-0.15, -0.1) is 4.31 Å². The number of hydrogen-bond acceptors (Lipinski definition) is 6. The summed E-state index contributed by atoms with van der Waals surface area (Å²) in [6.07, 6.45) is 0.544. The smallest absolute Gasteiger partial charge is 0.354 e. The van der Waals surface area contributed by atoms with Crippen molar-refractivity contribution in [2.24, 2.45) is 0 Å². The van der Waals surface area contributed by atoms with Crippen molar-refractivity contribution < 1.29 is 18.9 Å². The Morgan fingerprint density at radius 1 is 0.980 bits per heavy atom. The molecule has 9 heteroatoms. The van der Waals surface area contributed by atoms with Gasteiger partial charge in [-0.3, -0.25) is 4.90 Å². The van der Waals surface area contributed by atoms with Crippen LogP contribution in [0.15, 0.2) is 91.0 Å². The third kappa shape index (κ3) is 7.92. The molecule has 7 nitrogen and oxygen atoms in total. The molecule has 262 valence electrons. The quantitative estimate of drug-likeness (QED) is 0.112. The average Bonchev–Trinajstić information content (AvgIpc) is 3.43. The number of rotatable bonds is 10. The zero-order chi connectivity index (χ0) is 36.3. The van der Waals surface area contributed by atoms with Crippen molar-refractivity contribution in [2.75, 3.05) is 27.2 Å². The maximum Gasteiger partial charge on any atom is 0.354 e. The number of carbonyl (C=O) groups is 1. The van der Waals surface area contributed by atoms with Gasteiger partial charge in [0.25, 0.3) is 8.32 Å². The van der Waals surface area contributed by atoms with Crippen LogP contribution in [0.5, 0.6) is 0 Å². The van der Waals surface area contributed by atoms with Crippen molar-refractivity contribution in [2.45, 2.75) is 70.3 Å². The van der Waals surface area contributed by atoms with Crippen LogP contribution in [0.3, 0.4) is 0 Å². The first-order valence-corrected chi connectivity index (χ1v) is 20.1. The number of hydrogen-bond donors (Lipinski definition) is 1. The fourth-order valence-electron chi connectivity index (χ4n) is 6.81. The number of nitrogens with zero attached hydrogens (tertiary/aromatic N) is 3. The fourth-order valence-corrected chi connectivity index (χ4v) is 12.8. The number of carboxylic acids is 1. The Bertz CT molecular complexity index is 1820. The van der Waals surface area contributed by atoms with E-state index in [4.69, 9.17) is 9.41 Å². The Balaban J connectivity index is 1.62. The van der Waals surface area contributed by atoms with Gasteiger partial charge in [0.15, 0.2) is 0 Å². The number of carboxylic acid groups (broad SMARTS) is 1. The minimum Gasteiger partial charge on any atom is -0.597 e. The van der Waals surface area contributed by atoms with Crippen molar-refractivity contribution in [1.29, 1.82) is 0 Å². The molecule has 0 fully saturated rings. The van der Waals surface area contributed by atoms with Crippen LogP contribution in [-0.2, 0) is 22.3 Å². The summed E-state index contributed by atoms with van der Waals surface area (Å²) in [6.45, 7) is 14.1. The Kier molecular flexibility index (Phi) is 11.4. The van der Waals surface area contributed by atoms with Crippen molar-refractivity contribution in [3.63, 3.8) is 0 Å². The van der Waals surface area contributed by atoms with Gasteiger partial charge in [-0.2, -0.15) is 0 Å². The molecule has 2 atom stereocenters. The van der Waals surface area contributed by atoms with Crippen LogP contribution in [0.4, 0.5) is 0 Å². The summed E-state index contributed by atoms with van der Waals surface area (Å²) in [7, 11) is 1.11. The summed E-state index contributed by atoms with van der Waals surface area (Å²) in [5.41, 5.74) is 3.87. The lowest BCUT2D eigenvalue weighted by molar-refractivity contribution is 0.0690. The van der Waals surface area contributed by atoms with Crippen molar-refractivity contribution in [1.82, 2.24) is 14.2 Å². The van der Waals surface area contributed by atoms with Crippen LogP contribution in [0.2, 0.25) is 5.04 Å². The predicted molar refractivity (Wildman–Crippen MR) is 206 cm³/mol. The lowest BCUT2D eigenvalue weighted by Crippen LogP contribution is -2.66. The zero-order valence-corrected chi connectivity index (χ0v) is 32.3. The van der Waals surface area contributed by atoms with E-state index in [0.29, 0.717) is 31.8 Å². The van der Waals surface area contributed by atoms with Gasteiger partial charge in [-0.05, 0) is 80.5 Å². The zero-order valence-electron chi connectivity index (χ0n) is 30.5. The summed E-state index contributed by atoms with van der Waals surface area (Å²) in [5.74, 6) is 5.33. The van der Waals surface area contributed by atoms with E-state index in [1.165, 1.54) is 10.4 Å². The highest BCUT2D eigenvalue weighted by molar-refractivity contribution is 7.90. The topological polar surface area (TPSA) is 89.0 Å². The van der Waals surface area contributed by atoms with Crippen LogP contribution < -0.4 is 10.4 Å². The second kappa shape index (κ2) is 15.2. The van der Waals surface area contributed by atoms with E-state index in [1.807, 2.05) is 80.5 Å². The molecule has 0 aliphatic carbocycles. The predicted octanol–water partition coefficient (Wildman–Crippen LogP) is 6.65. The highest BCUT2D eigenvalue weighted by Crippen LogP contribution is 2.46. The number of fused-ring (bicyclic) bond motifs is 1. The molecule has 0 amide bonds. The fraction of sp³-hybridized carbons (Fsp3) is 0.366. The lowest BCUT2D eigenvalue weighted by Gasteiger charge is -2.43. The van der Waals surface area contributed by atoms with Crippen LogP contribution in [0, 0.1) is 11.8 Å². The number of pyridine rings is 1. The second-order valence-electron chi connectivity index (χ2n) is 15.1. The molecule has 3 aromatic carbocycles. The van der Waals surface area contributed by atoms with Gasteiger partial charge in [0.1, 0.15) is 10.4 Å². The molecule has 1 N–H and O–H groups in total. The van der Waals surface area contributed by atoms with E-state index in [1.54, 1.807) is 6.07 Å². The maximum absolute atomic E-state index is 14.2. The van der Waals surface area contributed by atoms with Gasteiger partial charge in [0.05, 0.1) is 24.8 Å². The molecule has 1 aliphatic heterocycles. The van der Waals surface area contributed by atoms with E-state index < -0.39 is 30.4 Å². The number of benzene rings is 3. The largest absolute Gasteiger partial charge is 0.597 e. The van der Waals surface area contributed by atoms with Crippen LogP contribution >= 0.6 is 0 Å². The lowest BCUT2D eigenvalue weighted by atomic mass is 9.95. The van der Waals surface area contributed by atoms with Crippen LogP contribution in [0.25, 0.3) is 11.3 Å². The average molecular weight is 708 g/mol. The van der Waals surface area contributed by atoms with Gasteiger partial charge in [-0.25, -0.2) is 9.78 Å². The highest BCUT2D eigenvalue weighted by Gasteiger charge is 2.51. The molecular weight excluding hydrogens is 659 g/mol. The van der Waals surface area contributed by atoms with Crippen molar-refractivity contribution in [3.8, 4) is 23.1 Å². The number of aromatic nitrogens is 1. The Hall–Kier alpha value is -3.75. The normalized spacial score (nSPS) is 15.8. The standard InChI is InChI=1S/C41H49N3O4SSi/c1-40(2,3)49(47)44-29-32-28-35(39(45)46)42-38(31-19-15-17-30(27-31)18-16-25-43(7)8)37(32)36(44)24-26-48-50(41(4,5)6,33-20-11-9-12-21-33)34-22-13-10-14-23-34/h9-15,17,19-23,27-28,36H,24-26,29H2,1-8H3,(H,45,46)/t36?,49-/m1/s1. The molecule has 1 aliphatic rings. The van der Waals surface area contributed by atoms with Gasteiger partial charge in [-0.1, -0.05) is 105 Å².